The number of nitrogens with zero attached hydrogens (tertiary/aromatic N) is 1. The van der Waals surface area contributed by atoms with Crippen LogP contribution in [0.5, 0.6) is 11.5 Å². The van der Waals surface area contributed by atoms with Gasteiger partial charge in [0.1, 0.15) is 17.3 Å². The topological polar surface area (TPSA) is 29.5 Å². The van der Waals surface area contributed by atoms with Gasteiger partial charge in [-0.3, -0.25) is 4.79 Å². The van der Waals surface area contributed by atoms with Crippen LogP contribution >= 0.6 is 0 Å². The molecule has 2 saturated carbocycles. The number of carbonyl (C=O) groups excluding carboxylic acids is 1. The van der Waals surface area contributed by atoms with Gasteiger partial charge in [-0.2, -0.15) is 0 Å². The quantitative estimate of drug-likeness (QED) is 0.648. The monoisotopic (exact) mass is 389 g/mol. The number of anilines is 1. The van der Waals surface area contributed by atoms with Crippen molar-refractivity contribution in [2.45, 2.75) is 51.4 Å². The van der Waals surface area contributed by atoms with Crippen LogP contribution in [0, 0.1) is 17.3 Å². The largest absolute Gasteiger partial charge is 0.457 e. The van der Waals surface area contributed by atoms with E-state index in [1.54, 1.807) is 0 Å². The molecule has 3 heteroatoms. The number of ketones is 1. The van der Waals surface area contributed by atoms with Gasteiger partial charge >= 0.3 is 0 Å². The number of benzene rings is 2. The molecule has 0 unspecified atom stereocenters. The molecule has 4 atom stereocenters. The van der Waals surface area contributed by atoms with Crippen LogP contribution in [-0.4, -0.2) is 19.9 Å². The average molecular weight is 390 g/mol. The fourth-order valence-corrected chi connectivity index (χ4v) is 6.34. The van der Waals surface area contributed by atoms with Crippen molar-refractivity contribution in [3.05, 3.63) is 53.6 Å². The summed E-state index contributed by atoms with van der Waals surface area (Å²) in [7, 11) is 4.09. The summed E-state index contributed by atoms with van der Waals surface area (Å²) in [5.41, 5.74) is 4.09. The van der Waals surface area contributed by atoms with Crippen LogP contribution in [0.15, 0.2) is 42.5 Å². The molecule has 152 valence electrons. The minimum Gasteiger partial charge on any atom is -0.457 e. The lowest BCUT2D eigenvalue weighted by atomic mass is 9.55. The van der Waals surface area contributed by atoms with Gasteiger partial charge in [-0.15, -0.1) is 0 Å². The molecule has 2 aromatic carbocycles. The van der Waals surface area contributed by atoms with E-state index in [0.717, 1.165) is 43.6 Å². The number of hydrogen-bond acceptors (Lipinski definition) is 3. The Labute approximate surface area is 174 Å². The van der Waals surface area contributed by atoms with Crippen molar-refractivity contribution in [3.63, 3.8) is 0 Å². The number of Topliss-reactive ketones (excluding diaryl/α,β-unsaturated/α-hetero) is 1. The van der Waals surface area contributed by atoms with Crippen molar-refractivity contribution in [2.24, 2.45) is 17.3 Å². The van der Waals surface area contributed by atoms with E-state index in [1.807, 2.05) is 26.2 Å². The molecule has 0 spiro atoms. The molecule has 3 aliphatic carbocycles. The zero-order valence-corrected chi connectivity index (χ0v) is 17.8. The van der Waals surface area contributed by atoms with Gasteiger partial charge in [0.05, 0.1) is 0 Å². The van der Waals surface area contributed by atoms with E-state index in [4.69, 9.17) is 4.74 Å². The number of rotatable bonds is 3. The standard InChI is InChI=1S/C26H31NO2/c1-26-15-14-22-21-11-9-20(29-19-7-5-18(6-8-19)27(2)3)16-17(21)4-10-23(22)24(26)12-13-25(26)28/h5-9,11,16,22-24H,4,10,12-15H2,1-3H3/t22-,23-,24-,26-/m1/s1. The Bertz CT molecular complexity index is 932. The van der Waals surface area contributed by atoms with Gasteiger partial charge in [0, 0.05) is 31.6 Å². The zero-order chi connectivity index (χ0) is 20.2. The number of fused-ring (bicyclic) bond motifs is 5. The maximum Gasteiger partial charge on any atom is 0.139 e. The second kappa shape index (κ2) is 6.90. The van der Waals surface area contributed by atoms with E-state index in [9.17, 15) is 4.79 Å². The van der Waals surface area contributed by atoms with Gasteiger partial charge in [0.2, 0.25) is 0 Å². The molecule has 5 rings (SSSR count). The molecular formula is C26H31NO2. The van der Waals surface area contributed by atoms with Crippen LogP contribution in [0.2, 0.25) is 0 Å². The Morgan fingerprint density at radius 3 is 2.48 bits per heavy atom. The van der Waals surface area contributed by atoms with Crippen LogP contribution in [0.4, 0.5) is 5.69 Å². The first-order chi connectivity index (χ1) is 14.0. The molecule has 2 fully saturated rings. The van der Waals surface area contributed by atoms with E-state index in [1.165, 1.54) is 23.2 Å². The molecule has 0 N–H and O–H groups in total. The van der Waals surface area contributed by atoms with Crippen molar-refractivity contribution in [1.82, 2.24) is 0 Å². The normalized spacial score (nSPS) is 30.3. The van der Waals surface area contributed by atoms with Crippen molar-refractivity contribution in [2.75, 3.05) is 19.0 Å². The molecule has 3 aliphatic rings. The zero-order valence-electron chi connectivity index (χ0n) is 17.8. The van der Waals surface area contributed by atoms with Crippen LogP contribution < -0.4 is 9.64 Å². The van der Waals surface area contributed by atoms with E-state index in [2.05, 4.69) is 42.2 Å². The Kier molecular flexibility index (Phi) is 4.45. The van der Waals surface area contributed by atoms with Crippen LogP contribution in [-0.2, 0) is 11.2 Å². The molecule has 2 aromatic rings. The van der Waals surface area contributed by atoms with Gasteiger partial charge in [-0.1, -0.05) is 13.0 Å². The lowest BCUT2D eigenvalue weighted by molar-refractivity contribution is -0.129. The highest BCUT2D eigenvalue weighted by Crippen LogP contribution is 2.59. The van der Waals surface area contributed by atoms with Crippen molar-refractivity contribution >= 4 is 11.5 Å². The predicted molar refractivity (Wildman–Crippen MR) is 117 cm³/mol. The summed E-state index contributed by atoms with van der Waals surface area (Å²) in [4.78, 5) is 14.6. The lowest BCUT2D eigenvalue weighted by Crippen LogP contribution is -2.42. The van der Waals surface area contributed by atoms with Crippen molar-refractivity contribution < 1.29 is 9.53 Å². The molecule has 0 radical (unpaired) electrons. The maximum absolute atomic E-state index is 12.5. The maximum atomic E-state index is 12.5. The molecule has 0 aromatic heterocycles. The summed E-state index contributed by atoms with van der Waals surface area (Å²) in [6.07, 6.45) is 6.45. The summed E-state index contributed by atoms with van der Waals surface area (Å²) < 4.78 is 6.15. The molecular weight excluding hydrogens is 358 g/mol. The number of aryl methyl sites for hydroxylation is 1. The highest BCUT2D eigenvalue weighted by Gasteiger charge is 2.54. The first kappa shape index (κ1) is 18.7. The summed E-state index contributed by atoms with van der Waals surface area (Å²) in [6.45, 7) is 2.25. The molecule has 0 amide bonds. The van der Waals surface area contributed by atoms with Crippen molar-refractivity contribution in [3.8, 4) is 11.5 Å². The van der Waals surface area contributed by atoms with E-state index in [-0.39, 0.29) is 5.41 Å². The SMILES string of the molecule is CN(C)c1ccc(Oc2ccc3c(c2)CC[C@@H]2[C@@H]3CC[C@@]3(C)C(=O)CC[C@H]23)cc1. The molecule has 0 heterocycles. The van der Waals surface area contributed by atoms with Crippen LogP contribution in [0.25, 0.3) is 0 Å². The predicted octanol–water partition coefficient (Wildman–Crippen LogP) is 5.97. The number of ether oxygens (including phenoxy) is 1. The third-order valence-electron chi connectivity index (χ3n) is 8.00. The summed E-state index contributed by atoms with van der Waals surface area (Å²) in [5, 5.41) is 0. The Hall–Kier alpha value is -2.29. The van der Waals surface area contributed by atoms with E-state index < -0.39 is 0 Å². The lowest BCUT2D eigenvalue weighted by Gasteiger charge is -2.48. The third-order valence-corrected chi connectivity index (χ3v) is 8.00. The molecule has 0 aliphatic heterocycles. The molecule has 3 nitrogen and oxygen atoms in total. The Morgan fingerprint density at radius 2 is 1.72 bits per heavy atom. The Morgan fingerprint density at radius 1 is 0.966 bits per heavy atom. The minimum atomic E-state index is -0.0412. The van der Waals surface area contributed by atoms with Gasteiger partial charge in [0.25, 0.3) is 0 Å². The number of hydrogen-bond donors (Lipinski definition) is 0. The first-order valence-corrected chi connectivity index (χ1v) is 11.1. The van der Waals surface area contributed by atoms with E-state index >= 15 is 0 Å². The Balaban J connectivity index is 1.36. The smallest absolute Gasteiger partial charge is 0.139 e. The highest BCUT2D eigenvalue weighted by atomic mass is 16.5. The second-order valence-electron chi connectivity index (χ2n) is 9.68. The highest BCUT2D eigenvalue weighted by molar-refractivity contribution is 5.87. The molecule has 29 heavy (non-hydrogen) atoms. The number of carbonyl (C=O) groups is 1. The van der Waals surface area contributed by atoms with Crippen LogP contribution in [0.1, 0.15) is 56.1 Å². The van der Waals surface area contributed by atoms with Gasteiger partial charge < -0.3 is 9.64 Å². The summed E-state index contributed by atoms with van der Waals surface area (Å²) in [6, 6.07) is 14.9. The van der Waals surface area contributed by atoms with Crippen LogP contribution in [0.3, 0.4) is 0 Å². The second-order valence-corrected chi connectivity index (χ2v) is 9.68. The van der Waals surface area contributed by atoms with Gasteiger partial charge in [-0.05, 0) is 97.4 Å². The fourth-order valence-electron chi connectivity index (χ4n) is 6.34. The summed E-state index contributed by atoms with van der Waals surface area (Å²) in [5.74, 6) is 4.22. The first-order valence-electron chi connectivity index (χ1n) is 11.1. The van der Waals surface area contributed by atoms with Gasteiger partial charge in [0.15, 0.2) is 0 Å². The molecule has 0 bridgehead atoms. The van der Waals surface area contributed by atoms with Crippen molar-refractivity contribution in [1.29, 1.82) is 0 Å². The third kappa shape index (κ3) is 3.06. The van der Waals surface area contributed by atoms with E-state index in [0.29, 0.717) is 23.5 Å². The van der Waals surface area contributed by atoms with Gasteiger partial charge in [-0.25, -0.2) is 0 Å². The average Bonchev–Trinajstić information content (AvgIpc) is 3.03. The molecule has 0 saturated heterocycles. The fraction of sp³-hybridized carbons (Fsp3) is 0.500. The minimum absolute atomic E-state index is 0.0412. The summed E-state index contributed by atoms with van der Waals surface area (Å²) >= 11 is 0.